The van der Waals surface area contributed by atoms with Crippen LogP contribution in [0.3, 0.4) is 0 Å². The molecular weight excluding hydrogens is 291 g/mol. The van der Waals surface area contributed by atoms with Gasteiger partial charge in [-0.2, -0.15) is 0 Å². The molecule has 0 spiro atoms. The molecule has 0 aliphatic heterocycles. The van der Waals surface area contributed by atoms with Crippen LogP contribution in [0.25, 0.3) is 0 Å². The molecule has 0 saturated heterocycles. The quantitative estimate of drug-likeness (QED) is 0.332. The molecule has 0 fully saturated rings. The molecule has 2 heteroatoms. The Morgan fingerprint density at radius 3 is 1.80 bits per heavy atom. The zero-order valence-corrected chi connectivity index (χ0v) is 12.9. The van der Waals surface area contributed by atoms with Crippen molar-refractivity contribution >= 4 is 18.8 Å². The van der Waals surface area contributed by atoms with Crippen LogP contribution >= 0.6 is 0 Å². The first-order chi connectivity index (χ1) is 7.24. The summed E-state index contributed by atoms with van der Waals surface area (Å²) in [6.45, 7) is 14.6. The molecule has 0 saturated carbocycles. The van der Waals surface area contributed by atoms with Gasteiger partial charge < -0.3 is 0 Å². The number of unbranched alkanes of at least 4 members (excludes halogenated alkanes) is 1. The Kier molecular flexibility index (Phi) is 9.21. The van der Waals surface area contributed by atoms with Crippen LogP contribution in [-0.2, 0) is 3.07 Å². The Balaban J connectivity index is 4.36. The van der Waals surface area contributed by atoms with Crippen LogP contribution < -0.4 is 0 Å². The predicted molar refractivity (Wildman–Crippen MR) is 71.6 cm³/mol. The first-order valence-electron chi connectivity index (χ1n) is 5.71. The van der Waals surface area contributed by atoms with Crippen LogP contribution in [0, 0.1) is 0 Å². The van der Waals surface area contributed by atoms with E-state index in [9.17, 15) is 0 Å². The van der Waals surface area contributed by atoms with Gasteiger partial charge >= 0.3 is 99.5 Å². The van der Waals surface area contributed by atoms with E-state index in [4.69, 9.17) is 3.07 Å². The third-order valence-corrected chi connectivity index (χ3v) is 13.6. The molecule has 0 aliphatic rings. The second kappa shape index (κ2) is 9.22. The summed E-state index contributed by atoms with van der Waals surface area (Å²) in [5.74, 6) is 0. The summed E-state index contributed by atoms with van der Waals surface area (Å²) in [4.78, 5) is 0. The second-order valence-corrected chi connectivity index (χ2v) is 14.9. The Labute approximate surface area is 99.3 Å². The number of rotatable bonds is 10. The van der Waals surface area contributed by atoms with Crippen molar-refractivity contribution in [1.82, 2.24) is 0 Å². The zero-order valence-electron chi connectivity index (χ0n) is 10.0. The summed E-state index contributed by atoms with van der Waals surface area (Å²) in [6, 6.07) is 0. The Bertz CT molecular complexity index is 172. The van der Waals surface area contributed by atoms with Gasteiger partial charge in [0.05, 0.1) is 0 Å². The van der Waals surface area contributed by atoms with Gasteiger partial charge in [0.25, 0.3) is 0 Å². The summed E-state index contributed by atoms with van der Waals surface area (Å²) in [6.07, 6.45) is 8.38. The van der Waals surface area contributed by atoms with Crippen LogP contribution in [0.2, 0.25) is 13.3 Å². The first-order valence-corrected chi connectivity index (χ1v) is 12.9. The molecule has 0 heterocycles. The molecule has 0 unspecified atom stereocenters. The third-order valence-electron chi connectivity index (χ3n) is 2.46. The Morgan fingerprint density at radius 1 is 1.00 bits per heavy atom. The van der Waals surface area contributed by atoms with Crippen molar-refractivity contribution < 1.29 is 3.07 Å². The van der Waals surface area contributed by atoms with Crippen LogP contribution in [0.5, 0.6) is 0 Å². The van der Waals surface area contributed by atoms with Crippen molar-refractivity contribution in [1.29, 1.82) is 0 Å². The molecule has 1 nitrogen and oxygen atoms in total. The summed E-state index contributed by atoms with van der Waals surface area (Å²) >= 11 is -2.47. The minimum atomic E-state index is -2.47. The summed E-state index contributed by atoms with van der Waals surface area (Å²) in [5.41, 5.74) is 0. The van der Waals surface area contributed by atoms with E-state index in [1.807, 2.05) is 18.2 Å². The molecule has 15 heavy (non-hydrogen) atoms. The van der Waals surface area contributed by atoms with Gasteiger partial charge in [-0.3, -0.25) is 0 Å². The number of hydrogen-bond donors (Lipinski definition) is 0. The Hall–Kier alpha value is -0.0213. The van der Waals surface area contributed by atoms with Gasteiger partial charge in [0, 0.05) is 0 Å². The van der Waals surface area contributed by atoms with Crippen molar-refractivity contribution in [2.75, 3.05) is 6.61 Å². The molecule has 86 valence electrons. The van der Waals surface area contributed by atoms with E-state index in [0.717, 1.165) is 26.3 Å². The summed E-state index contributed by atoms with van der Waals surface area (Å²) < 4.78 is 9.39. The molecule has 0 N–H and O–H groups in total. The van der Waals surface area contributed by atoms with E-state index in [-0.39, 0.29) is 0 Å². The van der Waals surface area contributed by atoms with Crippen molar-refractivity contribution in [3.63, 3.8) is 0 Å². The fourth-order valence-corrected chi connectivity index (χ4v) is 10.2. The molecule has 0 bridgehead atoms. The minimum absolute atomic E-state index is 0.905. The average Bonchev–Trinajstić information content (AvgIpc) is 2.19. The SMILES string of the molecule is C=C[CH2][Sn]([CH2]C=C)([CH2]C=C)[O]CCCC. The number of allylic oxidation sites excluding steroid dienone is 3. The van der Waals surface area contributed by atoms with E-state index in [2.05, 4.69) is 26.7 Å². The molecular formula is C13H24OSn. The topological polar surface area (TPSA) is 9.23 Å². The van der Waals surface area contributed by atoms with Gasteiger partial charge in [0.15, 0.2) is 0 Å². The Morgan fingerprint density at radius 2 is 1.47 bits per heavy atom. The molecule has 0 aromatic heterocycles. The van der Waals surface area contributed by atoms with Gasteiger partial charge in [-0.15, -0.1) is 0 Å². The second-order valence-electron chi connectivity index (χ2n) is 3.86. The molecule has 0 atom stereocenters. The molecule has 0 amide bonds. The fraction of sp³-hybridized carbons (Fsp3) is 0.538. The van der Waals surface area contributed by atoms with Crippen molar-refractivity contribution in [2.45, 2.75) is 33.1 Å². The van der Waals surface area contributed by atoms with Crippen molar-refractivity contribution in [3.05, 3.63) is 38.0 Å². The van der Waals surface area contributed by atoms with Crippen LogP contribution in [0.4, 0.5) is 0 Å². The van der Waals surface area contributed by atoms with Gasteiger partial charge in [-0.25, -0.2) is 0 Å². The molecule has 0 rings (SSSR count). The number of hydrogen-bond acceptors (Lipinski definition) is 1. The maximum atomic E-state index is 6.19. The van der Waals surface area contributed by atoms with Crippen LogP contribution in [0.1, 0.15) is 19.8 Å². The van der Waals surface area contributed by atoms with Crippen molar-refractivity contribution in [3.8, 4) is 0 Å². The molecule has 0 aromatic carbocycles. The normalized spacial score (nSPS) is 11.0. The summed E-state index contributed by atoms with van der Waals surface area (Å²) in [5, 5.41) is 0. The van der Waals surface area contributed by atoms with E-state index < -0.39 is 18.8 Å². The summed E-state index contributed by atoms with van der Waals surface area (Å²) in [7, 11) is 0. The van der Waals surface area contributed by atoms with E-state index in [1.165, 1.54) is 6.42 Å². The van der Waals surface area contributed by atoms with Crippen LogP contribution in [0.15, 0.2) is 38.0 Å². The van der Waals surface area contributed by atoms with Gasteiger partial charge in [-0.1, -0.05) is 0 Å². The predicted octanol–water partition coefficient (Wildman–Crippen LogP) is 4.31. The standard InChI is InChI=1S/C4H9O.3C3H5.Sn/c1-2-3-4-5;3*1-3-2;/h2-4H2,1H3;3*3H,1-2H2;/q-1;;;;+1. The monoisotopic (exact) mass is 316 g/mol. The first kappa shape index (κ1) is 15.0. The van der Waals surface area contributed by atoms with E-state index >= 15 is 0 Å². The molecule has 0 aliphatic carbocycles. The van der Waals surface area contributed by atoms with E-state index in [0.29, 0.717) is 0 Å². The van der Waals surface area contributed by atoms with E-state index in [1.54, 1.807) is 0 Å². The zero-order chi connectivity index (χ0) is 11.6. The molecule has 0 aromatic rings. The van der Waals surface area contributed by atoms with Crippen LogP contribution in [-0.4, -0.2) is 25.4 Å². The maximum absolute atomic E-state index is 6.19. The van der Waals surface area contributed by atoms with Gasteiger partial charge in [0.2, 0.25) is 0 Å². The molecule has 0 radical (unpaired) electrons. The fourth-order valence-electron chi connectivity index (χ4n) is 1.65. The van der Waals surface area contributed by atoms with Crippen molar-refractivity contribution in [2.24, 2.45) is 0 Å². The average molecular weight is 315 g/mol. The van der Waals surface area contributed by atoms with Gasteiger partial charge in [-0.05, 0) is 0 Å². The third kappa shape index (κ3) is 6.21. The van der Waals surface area contributed by atoms with Gasteiger partial charge in [0.1, 0.15) is 0 Å².